The standard InChI is InChI=1S/C27H26N2O/c1-22-17-27(28-18-26(22)30-21-25-15-9-4-10-16-25)29(19-23-11-5-2-6-12-23)20-24-13-7-3-8-14-24/h2-18H,19-21H2,1H3. The van der Waals surface area contributed by atoms with Crippen molar-refractivity contribution in [1.82, 2.24) is 4.98 Å². The van der Waals surface area contributed by atoms with Crippen molar-refractivity contribution >= 4 is 5.82 Å². The Morgan fingerprint density at radius 1 is 0.700 bits per heavy atom. The smallest absolute Gasteiger partial charge is 0.141 e. The lowest BCUT2D eigenvalue weighted by atomic mass is 10.1. The maximum absolute atomic E-state index is 6.01. The van der Waals surface area contributed by atoms with E-state index in [0.29, 0.717) is 6.61 Å². The van der Waals surface area contributed by atoms with Crippen LogP contribution in [0.15, 0.2) is 103 Å². The monoisotopic (exact) mass is 394 g/mol. The zero-order valence-electron chi connectivity index (χ0n) is 17.2. The molecule has 1 aromatic heterocycles. The maximum atomic E-state index is 6.01. The van der Waals surface area contributed by atoms with E-state index in [2.05, 4.69) is 78.6 Å². The fourth-order valence-corrected chi connectivity index (χ4v) is 3.41. The van der Waals surface area contributed by atoms with Gasteiger partial charge >= 0.3 is 0 Å². The van der Waals surface area contributed by atoms with Crippen molar-refractivity contribution in [2.24, 2.45) is 0 Å². The Morgan fingerprint density at radius 2 is 1.20 bits per heavy atom. The van der Waals surface area contributed by atoms with E-state index < -0.39 is 0 Å². The van der Waals surface area contributed by atoms with E-state index >= 15 is 0 Å². The van der Waals surface area contributed by atoms with Crippen molar-refractivity contribution in [3.8, 4) is 5.75 Å². The minimum absolute atomic E-state index is 0.542. The van der Waals surface area contributed by atoms with Gasteiger partial charge in [-0.3, -0.25) is 0 Å². The van der Waals surface area contributed by atoms with Crippen LogP contribution in [0.4, 0.5) is 5.82 Å². The Bertz CT molecular complexity index is 1010. The molecular weight excluding hydrogens is 368 g/mol. The molecule has 0 aliphatic carbocycles. The van der Waals surface area contributed by atoms with E-state index in [1.165, 1.54) is 11.1 Å². The predicted octanol–water partition coefficient (Wildman–Crippen LogP) is 6.18. The van der Waals surface area contributed by atoms with Gasteiger partial charge in [0, 0.05) is 13.1 Å². The fraction of sp³-hybridized carbons (Fsp3) is 0.148. The van der Waals surface area contributed by atoms with Gasteiger partial charge in [-0.2, -0.15) is 0 Å². The minimum Gasteiger partial charge on any atom is -0.487 e. The first-order valence-corrected chi connectivity index (χ1v) is 10.2. The predicted molar refractivity (Wildman–Crippen MR) is 123 cm³/mol. The summed E-state index contributed by atoms with van der Waals surface area (Å²) in [7, 11) is 0. The summed E-state index contributed by atoms with van der Waals surface area (Å²) in [4.78, 5) is 7.05. The van der Waals surface area contributed by atoms with E-state index in [-0.39, 0.29) is 0 Å². The molecule has 0 radical (unpaired) electrons. The molecule has 0 amide bonds. The van der Waals surface area contributed by atoms with Crippen molar-refractivity contribution < 1.29 is 4.74 Å². The van der Waals surface area contributed by atoms with Gasteiger partial charge < -0.3 is 9.64 Å². The molecule has 0 saturated carbocycles. The van der Waals surface area contributed by atoms with Crippen LogP contribution in [0.1, 0.15) is 22.3 Å². The molecule has 4 rings (SSSR count). The molecular formula is C27H26N2O. The SMILES string of the molecule is Cc1cc(N(Cc2ccccc2)Cc2ccccc2)ncc1OCc1ccccc1. The average molecular weight is 395 g/mol. The van der Waals surface area contributed by atoms with Crippen LogP contribution in [0.5, 0.6) is 5.75 Å². The third kappa shape index (κ3) is 5.26. The zero-order valence-corrected chi connectivity index (χ0v) is 17.2. The van der Waals surface area contributed by atoms with Gasteiger partial charge in [-0.1, -0.05) is 91.0 Å². The van der Waals surface area contributed by atoms with E-state index in [0.717, 1.165) is 35.8 Å². The number of nitrogens with zero attached hydrogens (tertiary/aromatic N) is 2. The van der Waals surface area contributed by atoms with Crippen molar-refractivity contribution in [3.63, 3.8) is 0 Å². The van der Waals surface area contributed by atoms with E-state index in [1.807, 2.05) is 36.5 Å². The Hall–Kier alpha value is -3.59. The zero-order chi connectivity index (χ0) is 20.6. The van der Waals surface area contributed by atoms with E-state index in [4.69, 9.17) is 9.72 Å². The molecule has 0 N–H and O–H groups in total. The van der Waals surface area contributed by atoms with Gasteiger partial charge in [-0.05, 0) is 35.2 Å². The molecule has 150 valence electrons. The van der Waals surface area contributed by atoms with Gasteiger partial charge in [0.25, 0.3) is 0 Å². The third-order valence-electron chi connectivity index (χ3n) is 5.04. The molecule has 0 saturated heterocycles. The molecule has 4 aromatic rings. The molecule has 0 aliphatic heterocycles. The maximum Gasteiger partial charge on any atom is 0.141 e. The first kappa shape index (κ1) is 19.7. The summed E-state index contributed by atoms with van der Waals surface area (Å²) in [6.07, 6.45) is 1.84. The van der Waals surface area contributed by atoms with Crippen LogP contribution < -0.4 is 9.64 Å². The minimum atomic E-state index is 0.542. The highest BCUT2D eigenvalue weighted by Gasteiger charge is 2.12. The second-order valence-electron chi connectivity index (χ2n) is 7.41. The van der Waals surface area contributed by atoms with Crippen LogP contribution in [0.2, 0.25) is 0 Å². The van der Waals surface area contributed by atoms with Crippen LogP contribution in [-0.2, 0) is 19.7 Å². The normalized spacial score (nSPS) is 10.6. The second-order valence-corrected chi connectivity index (χ2v) is 7.41. The quantitative estimate of drug-likeness (QED) is 0.357. The van der Waals surface area contributed by atoms with Crippen molar-refractivity contribution in [2.45, 2.75) is 26.6 Å². The lowest BCUT2D eigenvalue weighted by molar-refractivity contribution is 0.303. The molecule has 3 nitrogen and oxygen atoms in total. The van der Waals surface area contributed by atoms with Gasteiger partial charge in [0.05, 0.1) is 6.20 Å². The lowest BCUT2D eigenvalue weighted by Crippen LogP contribution is -2.23. The summed E-state index contributed by atoms with van der Waals surface area (Å²) in [5.74, 6) is 1.77. The molecule has 1 heterocycles. The third-order valence-corrected chi connectivity index (χ3v) is 5.04. The molecule has 3 aromatic carbocycles. The Balaban J connectivity index is 1.54. The number of aromatic nitrogens is 1. The average Bonchev–Trinajstić information content (AvgIpc) is 2.80. The highest BCUT2D eigenvalue weighted by Crippen LogP contribution is 2.25. The van der Waals surface area contributed by atoms with E-state index in [1.54, 1.807) is 0 Å². The Labute approximate surface area is 178 Å². The van der Waals surface area contributed by atoms with Crippen LogP contribution >= 0.6 is 0 Å². The number of anilines is 1. The molecule has 0 atom stereocenters. The molecule has 0 aliphatic rings. The summed E-state index contributed by atoms with van der Waals surface area (Å²) >= 11 is 0. The van der Waals surface area contributed by atoms with Gasteiger partial charge in [0.15, 0.2) is 0 Å². The van der Waals surface area contributed by atoms with Crippen molar-refractivity contribution in [2.75, 3.05) is 4.90 Å². The highest BCUT2D eigenvalue weighted by molar-refractivity contribution is 5.47. The largest absolute Gasteiger partial charge is 0.487 e. The summed E-state index contributed by atoms with van der Waals surface area (Å²) in [5, 5.41) is 0. The van der Waals surface area contributed by atoms with Crippen LogP contribution in [0.25, 0.3) is 0 Å². The van der Waals surface area contributed by atoms with E-state index in [9.17, 15) is 0 Å². The van der Waals surface area contributed by atoms with Crippen molar-refractivity contribution in [3.05, 3.63) is 126 Å². The summed E-state index contributed by atoms with van der Waals surface area (Å²) in [6.45, 7) is 4.22. The molecule has 0 spiro atoms. The van der Waals surface area contributed by atoms with Gasteiger partial charge in [-0.15, -0.1) is 0 Å². The summed E-state index contributed by atoms with van der Waals surface area (Å²) in [6, 6.07) is 33.3. The Kier molecular flexibility index (Phi) is 6.41. The summed E-state index contributed by atoms with van der Waals surface area (Å²) < 4.78 is 6.01. The number of rotatable bonds is 8. The first-order valence-electron chi connectivity index (χ1n) is 10.2. The number of hydrogen-bond donors (Lipinski definition) is 0. The second kappa shape index (κ2) is 9.75. The topological polar surface area (TPSA) is 25.4 Å². The first-order chi connectivity index (χ1) is 14.8. The molecule has 3 heteroatoms. The lowest BCUT2D eigenvalue weighted by Gasteiger charge is -2.25. The number of benzene rings is 3. The molecule has 0 bridgehead atoms. The van der Waals surface area contributed by atoms with Gasteiger partial charge in [0.1, 0.15) is 18.2 Å². The highest BCUT2D eigenvalue weighted by atomic mass is 16.5. The molecule has 0 unspecified atom stereocenters. The Morgan fingerprint density at radius 3 is 1.70 bits per heavy atom. The molecule has 30 heavy (non-hydrogen) atoms. The molecule has 0 fully saturated rings. The number of ether oxygens (including phenoxy) is 1. The van der Waals surface area contributed by atoms with Gasteiger partial charge in [-0.25, -0.2) is 4.98 Å². The summed E-state index contributed by atoms with van der Waals surface area (Å²) in [5.41, 5.74) is 4.76. The van der Waals surface area contributed by atoms with Crippen LogP contribution in [0, 0.1) is 6.92 Å². The number of hydrogen-bond acceptors (Lipinski definition) is 3. The number of aryl methyl sites for hydroxylation is 1. The van der Waals surface area contributed by atoms with Crippen molar-refractivity contribution in [1.29, 1.82) is 0 Å². The van der Waals surface area contributed by atoms with Crippen LogP contribution in [0.3, 0.4) is 0 Å². The number of pyridine rings is 1. The fourth-order valence-electron chi connectivity index (χ4n) is 3.41. The van der Waals surface area contributed by atoms with Gasteiger partial charge in [0.2, 0.25) is 0 Å². The van der Waals surface area contributed by atoms with Crippen LogP contribution in [-0.4, -0.2) is 4.98 Å².